The van der Waals surface area contributed by atoms with Gasteiger partial charge in [-0.15, -0.1) is 12.4 Å². The van der Waals surface area contributed by atoms with Gasteiger partial charge in [0.2, 0.25) is 0 Å². The van der Waals surface area contributed by atoms with E-state index in [0.29, 0.717) is 0 Å². The normalized spacial score (nSPS) is 19.7. The van der Waals surface area contributed by atoms with E-state index >= 15 is 0 Å². The van der Waals surface area contributed by atoms with Crippen molar-refractivity contribution in [3.05, 3.63) is 59.7 Å². The number of likely N-dealkylation sites (tertiary alicyclic amines) is 1. The van der Waals surface area contributed by atoms with E-state index in [-0.39, 0.29) is 18.4 Å². The van der Waals surface area contributed by atoms with E-state index in [1.54, 1.807) is 0 Å². The maximum Gasteiger partial charge on any atom is 0.131 e. The van der Waals surface area contributed by atoms with Gasteiger partial charge in [0.15, 0.2) is 0 Å². The lowest BCUT2D eigenvalue weighted by atomic mass is 9.82. The van der Waals surface area contributed by atoms with Gasteiger partial charge >= 0.3 is 0 Å². The van der Waals surface area contributed by atoms with Crippen molar-refractivity contribution in [2.45, 2.75) is 37.8 Å². The fraction of sp³-hybridized carbons (Fsp3) is 0.400. The Bertz CT molecular complexity index is 648. The van der Waals surface area contributed by atoms with Crippen molar-refractivity contribution in [1.82, 2.24) is 4.90 Å². The molecule has 0 saturated carbocycles. The zero-order valence-electron chi connectivity index (χ0n) is 13.5. The zero-order valence-corrected chi connectivity index (χ0v) is 14.4. The number of fused-ring (bicyclic) bond motifs is 3. The van der Waals surface area contributed by atoms with Crippen LogP contribution >= 0.6 is 12.4 Å². The minimum Gasteiger partial charge on any atom is -0.379 e. The van der Waals surface area contributed by atoms with E-state index < -0.39 is 5.60 Å². The fourth-order valence-corrected chi connectivity index (χ4v) is 4.48. The van der Waals surface area contributed by atoms with Gasteiger partial charge in [-0.05, 0) is 54.6 Å². The van der Waals surface area contributed by atoms with Crippen LogP contribution in [0.1, 0.15) is 37.3 Å². The summed E-state index contributed by atoms with van der Waals surface area (Å²) in [7, 11) is 0. The number of benzene rings is 2. The Morgan fingerprint density at radius 1 is 0.957 bits per heavy atom. The Hall–Kier alpha value is -1.35. The molecule has 2 aliphatic rings. The van der Waals surface area contributed by atoms with Crippen molar-refractivity contribution < 1.29 is 5.11 Å². The summed E-state index contributed by atoms with van der Waals surface area (Å²) in [6.45, 7) is 4.40. The van der Waals surface area contributed by atoms with Crippen LogP contribution in [0.5, 0.6) is 0 Å². The molecule has 4 rings (SSSR count). The lowest BCUT2D eigenvalue weighted by Crippen LogP contribution is -2.49. The molecule has 1 unspecified atom stereocenters. The van der Waals surface area contributed by atoms with Crippen molar-refractivity contribution in [1.29, 1.82) is 0 Å². The summed E-state index contributed by atoms with van der Waals surface area (Å²) in [5.41, 5.74) is 3.66. The molecule has 2 aromatic rings. The summed E-state index contributed by atoms with van der Waals surface area (Å²) in [6.07, 6.45) is 3.45. The zero-order chi connectivity index (χ0) is 15.2. The van der Waals surface area contributed by atoms with E-state index in [4.69, 9.17) is 0 Å². The molecule has 23 heavy (non-hydrogen) atoms. The minimum atomic E-state index is -0.883. The second-order valence-electron chi connectivity index (χ2n) is 6.52. The Morgan fingerprint density at radius 3 is 1.91 bits per heavy atom. The number of rotatable bonds is 3. The van der Waals surface area contributed by atoms with Gasteiger partial charge in [-0.1, -0.05) is 55.5 Å². The van der Waals surface area contributed by atoms with Crippen molar-refractivity contribution in [3.8, 4) is 11.1 Å². The number of halogens is 1. The van der Waals surface area contributed by atoms with E-state index in [9.17, 15) is 5.11 Å². The number of hydrogen-bond acceptors (Lipinski definition) is 2. The van der Waals surface area contributed by atoms with Crippen LogP contribution in [-0.4, -0.2) is 29.1 Å². The predicted molar refractivity (Wildman–Crippen MR) is 97.0 cm³/mol. The molecule has 0 aromatic heterocycles. The van der Waals surface area contributed by atoms with Crippen molar-refractivity contribution in [2.24, 2.45) is 0 Å². The molecule has 0 spiro atoms. The second-order valence-corrected chi connectivity index (χ2v) is 6.52. The molecule has 2 nitrogen and oxygen atoms in total. The van der Waals surface area contributed by atoms with E-state index in [1.165, 1.54) is 24.0 Å². The molecule has 1 N–H and O–H groups in total. The van der Waals surface area contributed by atoms with Crippen molar-refractivity contribution in [3.63, 3.8) is 0 Å². The maximum atomic E-state index is 11.9. The Balaban J connectivity index is 0.00000156. The Kier molecular flexibility index (Phi) is 4.50. The molecule has 1 atom stereocenters. The van der Waals surface area contributed by atoms with E-state index in [1.807, 2.05) is 12.1 Å². The average molecular weight is 330 g/mol. The topological polar surface area (TPSA) is 23.5 Å². The summed E-state index contributed by atoms with van der Waals surface area (Å²) in [4.78, 5) is 2.48. The molecule has 1 fully saturated rings. The number of hydrogen-bond donors (Lipinski definition) is 1. The molecule has 122 valence electrons. The van der Waals surface area contributed by atoms with Gasteiger partial charge < -0.3 is 5.11 Å². The molecular formula is C20H24ClNO. The van der Waals surface area contributed by atoms with Crippen molar-refractivity contribution >= 4 is 12.4 Å². The third-order valence-corrected chi connectivity index (χ3v) is 5.42. The third kappa shape index (κ3) is 2.32. The first-order valence-electron chi connectivity index (χ1n) is 8.42. The molecule has 3 heteroatoms. The van der Waals surface area contributed by atoms with Gasteiger partial charge in [-0.25, -0.2) is 0 Å². The smallest absolute Gasteiger partial charge is 0.131 e. The largest absolute Gasteiger partial charge is 0.379 e. The van der Waals surface area contributed by atoms with Gasteiger partial charge in [0.25, 0.3) is 0 Å². The first kappa shape index (κ1) is 16.5. The monoisotopic (exact) mass is 329 g/mol. The molecule has 2 aromatic carbocycles. The SMILES string of the molecule is CCC(N1CCCC1)C1(O)c2ccccc2-c2ccccc21.Cl. The van der Waals surface area contributed by atoms with Gasteiger partial charge in [-0.2, -0.15) is 0 Å². The highest BCUT2D eigenvalue weighted by atomic mass is 35.5. The van der Waals surface area contributed by atoms with Crippen LogP contribution < -0.4 is 0 Å². The fourth-order valence-electron chi connectivity index (χ4n) is 4.48. The van der Waals surface area contributed by atoms with Gasteiger partial charge in [-0.3, -0.25) is 4.90 Å². The molecule has 1 aliphatic heterocycles. The van der Waals surface area contributed by atoms with Crippen LogP contribution in [-0.2, 0) is 5.60 Å². The van der Waals surface area contributed by atoms with Crippen molar-refractivity contribution in [2.75, 3.05) is 13.1 Å². The molecular weight excluding hydrogens is 306 g/mol. The van der Waals surface area contributed by atoms with E-state index in [0.717, 1.165) is 30.6 Å². The van der Waals surface area contributed by atoms with E-state index in [2.05, 4.69) is 48.2 Å². The minimum absolute atomic E-state index is 0. The molecule has 0 bridgehead atoms. The summed E-state index contributed by atoms with van der Waals surface area (Å²) in [6, 6.07) is 16.9. The van der Waals surface area contributed by atoms with Crippen LogP contribution in [0, 0.1) is 0 Å². The summed E-state index contributed by atoms with van der Waals surface area (Å²) in [5, 5.41) is 11.9. The Morgan fingerprint density at radius 2 is 1.43 bits per heavy atom. The predicted octanol–water partition coefficient (Wildman–Crippen LogP) is 4.20. The lowest BCUT2D eigenvalue weighted by molar-refractivity contribution is -0.0112. The first-order chi connectivity index (χ1) is 10.8. The summed E-state index contributed by atoms with van der Waals surface area (Å²) >= 11 is 0. The third-order valence-electron chi connectivity index (χ3n) is 5.42. The van der Waals surface area contributed by atoms with Gasteiger partial charge in [0, 0.05) is 6.04 Å². The number of nitrogens with zero attached hydrogens (tertiary/aromatic N) is 1. The Labute approximate surface area is 144 Å². The molecule has 1 saturated heterocycles. The lowest BCUT2D eigenvalue weighted by Gasteiger charge is -2.40. The molecule has 0 radical (unpaired) electrons. The maximum absolute atomic E-state index is 11.9. The second kappa shape index (κ2) is 6.27. The highest BCUT2D eigenvalue weighted by molar-refractivity contribution is 5.85. The summed E-state index contributed by atoms with van der Waals surface area (Å²) in [5.74, 6) is 0. The van der Waals surface area contributed by atoms with Gasteiger partial charge in [0.05, 0.1) is 0 Å². The van der Waals surface area contributed by atoms with Crippen LogP contribution in [0.4, 0.5) is 0 Å². The van der Waals surface area contributed by atoms with Crippen LogP contribution in [0.3, 0.4) is 0 Å². The number of aliphatic hydroxyl groups is 1. The highest BCUT2D eigenvalue weighted by Gasteiger charge is 2.48. The van der Waals surface area contributed by atoms with Crippen LogP contribution in [0.2, 0.25) is 0 Å². The van der Waals surface area contributed by atoms with Crippen LogP contribution in [0.25, 0.3) is 11.1 Å². The first-order valence-corrected chi connectivity index (χ1v) is 8.42. The van der Waals surface area contributed by atoms with Crippen LogP contribution in [0.15, 0.2) is 48.5 Å². The average Bonchev–Trinajstić information content (AvgIpc) is 3.17. The molecule has 1 heterocycles. The van der Waals surface area contributed by atoms with Gasteiger partial charge in [0.1, 0.15) is 5.60 Å². The molecule has 0 amide bonds. The highest BCUT2D eigenvalue weighted by Crippen LogP contribution is 2.50. The quantitative estimate of drug-likeness (QED) is 0.912. The standard InChI is InChI=1S/C20H23NO.ClH/c1-2-19(21-13-7-8-14-21)20(22)17-11-5-3-9-15(17)16-10-4-6-12-18(16)20;/h3-6,9-12,19,22H,2,7-8,13-14H2,1H3;1H. The summed E-state index contributed by atoms with van der Waals surface area (Å²) < 4.78 is 0. The molecule has 1 aliphatic carbocycles.